The van der Waals surface area contributed by atoms with Crippen LogP contribution in [0.15, 0.2) is 0 Å². The third kappa shape index (κ3) is 4.96. The van der Waals surface area contributed by atoms with Crippen LogP contribution in [0, 0.1) is 11.3 Å². The van der Waals surface area contributed by atoms with Crippen LogP contribution >= 0.6 is 0 Å². The van der Waals surface area contributed by atoms with Crippen molar-refractivity contribution in [3.8, 4) is 0 Å². The third-order valence-electron chi connectivity index (χ3n) is 5.78. The van der Waals surface area contributed by atoms with Crippen LogP contribution in [-0.4, -0.2) is 37.1 Å². The Kier molecular flexibility index (Phi) is 7.01. The SMILES string of the molecule is CCCNCC(C)(CCC)CN1CCCC2CCCCC21. The van der Waals surface area contributed by atoms with E-state index in [1.165, 1.54) is 84.0 Å². The molecule has 0 aromatic heterocycles. The van der Waals surface area contributed by atoms with Crippen LogP contribution in [0.1, 0.15) is 78.6 Å². The monoisotopic (exact) mass is 294 g/mol. The molecule has 2 fully saturated rings. The first kappa shape index (κ1) is 17.3. The highest BCUT2D eigenvalue weighted by atomic mass is 15.2. The molecule has 1 saturated heterocycles. The van der Waals surface area contributed by atoms with Crippen LogP contribution in [0.2, 0.25) is 0 Å². The Morgan fingerprint density at radius 1 is 1.05 bits per heavy atom. The molecular weight excluding hydrogens is 256 g/mol. The summed E-state index contributed by atoms with van der Waals surface area (Å²) in [4.78, 5) is 2.89. The van der Waals surface area contributed by atoms with Gasteiger partial charge < -0.3 is 5.32 Å². The summed E-state index contributed by atoms with van der Waals surface area (Å²) >= 11 is 0. The van der Waals surface area contributed by atoms with Gasteiger partial charge in [0.1, 0.15) is 0 Å². The van der Waals surface area contributed by atoms with Gasteiger partial charge >= 0.3 is 0 Å². The van der Waals surface area contributed by atoms with Crippen LogP contribution < -0.4 is 5.32 Å². The predicted octanol–water partition coefficient (Wildman–Crippen LogP) is 4.45. The number of rotatable bonds is 8. The Labute approximate surface area is 133 Å². The predicted molar refractivity (Wildman–Crippen MR) is 92.7 cm³/mol. The Hall–Kier alpha value is -0.0800. The number of fused-ring (bicyclic) bond motifs is 1. The first-order valence-electron chi connectivity index (χ1n) is 9.63. The van der Waals surface area contributed by atoms with Gasteiger partial charge in [0.2, 0.25) is 0 Å². The lowest BCUT2D eigenvalue weighted by Crippen LogP contribution is -2.52. The van der Waals surface area contributed by atoms with Crippen LogP contribution in [0.25, 0.3) is 0 Å². The summed E-state index contributed by atoms with van der Waals surface area (Å²) in [7, 11) is 0. The largest absolute Gasteiger partial charge is 0.316 e. The molecule has 124 valence electrons. The fourth-order valence-corrected chi connectivity index (χ4v) is 4.81. The van der Waals surface area contributed by atoms with Crippen molar-refractivity contribution >= 4 is 0 Å². The Bertz CT molecular complexity index is 289. The fraction of sp³-hybridized carbons (Fsp3) is 1.00. The minimum atomic E-state index is 0.462. The lowest BCUT2D eigenvalue weighted by molar-refractivity contribution is 0.0251. The summed E-state index contributed by atoms with van der Waals surface area (Å²) in [6.07, 6.45) is 12.8. The topological polar surface area (TPSA) is 15.3 Å². The van der Waals surface area contributed by atoms with Crippen molar-refractivity contribution in [3.05, 3.63) is 0 Å². The molecule has 0 aromatic carbocycles. The quantitative estimate of drug-likeness (QED) is 0.665. The molecule has 1 heterocycles. The zero-order valence-corrected chi connectivity index (χ0v) is 14.8. The summed E-state index contributed by atoms with van der Waals surface area (Å²) in [5.41, 5.74) is 0.462. The summed E-state index contributed by atoms with van der Waals surface area (Å²) in [6.45, 7) is 12.2. The summed E-state index contributed by atoms with van der Waals surface area (Å²) in [5, 5.41) is 3.70. The van der Waals surface area contributed by atoms with E-state index in [1.54, 1.807) is 0 Å². The Morgan fingerprint density at radius 3 is 2.57 bits per heavy atom. The lowest BCUT2D eigenvalue weighted by Gasteiger charge is -2.47. The Morgan fingerprint density at radius 2 is 1.81 bits per heavy atom. The van der Waals surface area contributed by atoms with E-state index in [4.69, 9.17) is 0 Å². The molecule has 1 N–H and O–H groups in total. The summed E-state index contributed by atoms with van der Waals surface area (Å²) in [6, 6.07) is 0.912. The molecule has 0 bridgehead atoms. The second-order valence-electron chi connectivity index (χ2n) is 7.96. The Balaban J connectivity index is 1.93. The van der Waals surface area contributed by atoms with Crippen LogP contribution in [-0.2, 0) is 0 Å². The highest BCUT2D eigenvalue weighted by molar-refractivity contribution is 4.91. The summed E-state index contributed by atoms with van der Waals surface area (Å²) < 4.78 is 0. The van der Waals surface area contributed by atoms with E-state index in [-0.39, 0.29) is 0 Å². The van der Waals surface area contributed by atoms with Crippen LogP contribution in [0.3, 0.4) is 0 Å². The molecule has 2 rings (SSSR count). The van der Waals surface area contributed by atoms with E-state index in [9.17, 15) is 0 Å². The first-order valence-corrected chi connectivity index (χ1v) is 9.63. The summed E-state index contributed by atoms with van der Waals surface area (Å²) in [5.74, 6) is 1.02. The molecule has 2 heteroatoms. The standard InChI is InChI=1S/C19H38N2/c1-4-12-19(3,15-20-13-5-2)16-21-14-8-10-17-9-6-7-11-18(17)21/h17-18,20H,4-16H2,1-3H3. The van der Waals surface area contributed by atoms with E-state index in [2.05, 4.69) is 31.0 Å². The zero-order valence-electron chi connectivity index (χ0n) is 14.8. The van der Waals surface area contributed by atoms with Gasteiger partial charge in [0.05, 0.1) is 0 Å². The van der Waals surface area contributed by atoms with E-state index < -0.39 is 0 Å². The van der Waals surface area contributed by atoms with Gasteiger partial charge in [-0.2, -0.15) is 0 Å². The van der Waals surface area contributed by atoms with E-state index in [1.807, 2.05) is 0 Å². The molecule has 2 nitrogen and oxygen atoms in total. The maximum atomic E-state index is 3.70. The molecule has 1 saturated carbocycles. The smallest absolute Gasteiger partial charge is 0.0124 e. The highest BCUT2D eigenvalue weighted by Gasteiger charge is 2.36. The molecule has 0 spiro atoms. The molecule has 3 unspecified atom stereocenters. The fourth-order valence-electron chi connectivity index (χ4n) is 4.81. The van der Waals surface area contributed by atoms with E-state index >= 15 is 0 Å². The zero-order chi connectivity index (χ0) is 15.1. The van der Waals surface area contributed by atoms with Crippen molar-refractivity contribution in [2.75, 3.05) is 26.2 Å². The molecule has 21 heavy (non-hydrogen) atoms. The third-order valence-corrected chi connectivity index (χ3v) is 5.78. The van der Waals surface area contributed by atoms with Gasteiger partial charge in [0, 0.05) is 19.1 Å². The molecular formula is C19H38N2. The number of piperidine rings is 1. The molecule has 3 atom stereocenters. The number of nitrogens with one attached hydrogen (secondary N) is 1. The molecule has 1 aliphatic heterocycles. The van der Waals surface area contributed by atoms with Gasteiger partial charge in [-0.05, 0) is 62.9 Å². The molecule has 0 radical (unpaired) electrons. The van der Waals surface area contributed by atoms with Crippen molar-refractivity contribution in [1.29, 1.82) is 0 Å². The molecule has 0 amide bonds. The van der Waals surface area contributed by atoms with Crippen molar-refractivity contribution < 1.29 is 0 Å². The lowest BCUT2D eigenvalue weighted by atomic mass is 9.76. The van der Waals surface area contributed by atoms with Crippen molar-refractivity contribution in [2.24, 2.45) is 11.3 Å². The van der Waals surface area contributed by atoms with Crippen molar-refractivity contribution in [3.63, 3.8) is 0 Å². The number of likely N-dealkylation sites (tertiary alicyclic amines) is 1. The second-order valence-corrected chi connectivity index (χ2v) is 7.96. The average molecular weight is 295 g/mol. The van der Waals surface area contributed by atoms with Crippen molar-refractivity contribution in [1.82, 2.24) is 10.2 Å². The van der Waals surface area contributed by atoms with E-state index in [0.29, 0.717) is 5.41 Å². The van der Waals surface area contributed by atoms with Gasteiger partial charge in [0.25, 0.3) is 0 Å². The van der Waals surface area contributed by atoms with Gasteiger partial charge in [-0.1, -0.05) is 40.0 Å². The molecule has 1 aliphatic carbocycles. The maximum Gasteiger partial charge on any atom is 0.0124 e. The number of hydrogen-bond acceptors (Lipinski definition) is 2. The molecule has 2 aliphatic rings. The van der Waals surface area contributed by atoms with Gasteiger partial charge in [-0.15, -0.1) is 0 Å². The van der Waals surface area contributed by atoms with Gasteiger partial charge in [0.15, 0.2) is 0 Å². The minimum Gasteiger partial charge on any atom is -0.316 e. The number of hydrogen-bond donors (Lipinski definition) is 1. The van der Waals surface area contributed by atoms with Crippen molar-refractivity contribution in [2.45, 2.75) is 84.6 Å². The highest BCUT2D eigenvalue weighted by Crippen LogP contribution is 2.37. The normalized spacial score (nSPS) is 29.9. The average Bonchev–Trinajstić information content (AvgIpc) is 2.48. The van der Waals surface area contributed by atoms with Gasteiger partial charge in [-0.3, -0.25) is 4.90 Å². The molecule has 0 aromatic rings. The first-order chi connectivity index (χ1) is 10.2. The second kappa shape index (κ2) is 8.53. The minimum absolute atomic E-state index is 0.462. The van der Waals surface area contributed by atoms with Gasteiger partial charge in [-0.25, -0.2) is 0 Å². The van der Waals surface area contributed by atoms with Crippen LogP contribution in [0.4, 0.5) is 0 Å². The maximum absolute atomic E-state index is 3.70. The van der Waals surface area contributed by atoms with Crippen LogP contribution in [0.5, 0.6) is 0 Å². The van der Waals surface area contributed by atoms with E-state index in [0.717, 1.165) is 12.0 Å². The number of nitrogens with zero attached hydrogens (tertiary/aromatic N) is 1.